The average molecular weight is 458 g/mol. The Hall–Kier alpha value is -3.03. The minimum Gasteiger partial charge on any atom is -0.493 e. The van der Waals surface area contributed by atoms with Crippen molar-refractivity contribution in [2.75, 3.05) is 51.8 Å². The Balaban J connectivity index is 1.48. The van der Waals surface area contributed by atoms with Crippen LogP contribution < -0.4 is 14.8 Å². The molecule has 2 aromatic rings. The number of halogens is 1. The van der Waals surface area contributed by atoms with Crippen LogP contribution in [0.5, 0.6) is 11.5 Å². The van der Waals surface area contributed by atoms with Gasteiger partial charge >= 0.3 is 0 Å². The van der Waals surface area contributed by atoms with E-state index >= 15 is 0 Å². The number of nitrogens with one attached hydrogen (secondary N) is 1. The number of hydrogen-bond donors (Lipinski definition) is 1. The van der Waals surface area contributed by atoms with Crippen molar-refractivity contribution in [3.8, 4) is 11.5 Å². The number of carbonyl (C=O) groups is 2. The van der Waals surface area contributed by atoms with Crippen LogP contribution >= 0.6 is 11.6 Å². The first-order valence-electron chi connectivity index (χ1n) is 10.5. The van der Waals surface area contributed by atoms with Gasteiger partial charge in [0.05, 0.1) is 31.0 Å². The van der Waals surface area contributed by atoms with Crippen molar-refractivity contribution in [3.05, 3.63) is 59.1 Å². The van der Waals surface area contributed by atoms with Gasteiger partial charge in [-0.15, -0.1) is 0 Å². The van der Waals surface area contributed by atoms with Crippen LogP contribution in [0.4, 0.5) is 5.69 Å². The number of amides is 2. The zero-order valence-corrected chi connectivity index (χ0v) is 19.1. The summed E-state index contributed by atoms with van der Waals surface area (Å²) in [6.07, 6.45) is 3.33. The molecule has 1 fully saturated rings. The first-order chi connectivity index (χ1) is 15.5. The number of para-hydroxylation sites is 1. The van der Waals surface area contributed by atoms with Crippen LogP contribution in [-0.2, 0) is 9.59 Å². The van der Waals surface area contributed by atoms with Gasteiger partial charge in [-0.25, -0.2) is 0 Å². The third kappa shape index (κ3) is 6.48. The Labute approximate surface area is 193 Å². The fourth-order valence-electron chi connectivity index (χ4n) is 3.42. The first kappa shape index (κ1) is 23.6. The molecular weight excluding hydrogens is 430 g/mol. The first-order valence-corrected chi connectivity index (χ1v) is 10.9. The molecule has 1 N–H and O–H groups in total. The third-order valence-corrected chi connectivity index (χ3v) is 5.43. The van der Waals surface area contributed by atoms with E-state index in [2.05, 4.69) is 5.32 Å². The number of carbonyl (C=O) groups excluding carboxylic acids is 2. The summed E-state index contributed by atoms with van der Waals surface area (Å²) in [5.41, 5.74) is 1.46. The summed E-state index contributed by atoms with van der Waals surface area (Å²) >= 11 is 6.09. The molecule has 0 bridgehead atoms. The van der Waals surface area contributed by atoms with Gasteiger partial charge in [-0.2, -0.15) is 0 Å². The van der Waals surface area contributed by atoms with E-state index in [0.717, 1.165) is 5.56 Å². The van der Waals surface area contributed by atoms with Crippen molar-refractivity contribution in [1.82, 2.24) is 9.80 Å². The number of hydrogen-bond acceptors (Lipinski definition) is 5. The molecule has 1 aliphatic heterocycles. The predicted octanol–water partition coefficient (Wildman–Crippen LogP) is 3.54. The molecule has 7 nitrogen and oxygen atoms in total. The van der Waals surface area contributed by atoms with Gasteiger partial charge in [-0.3, -0.25) is 14.5 Å². The van der Waals surface area contributed by atoms with Crippen molar-refractivity contribution in [2.45, 2.75) is 6.92 Å². The number of piperazine rings is 1. The summed E-state index contributed by atoms with van der Waals surface area (Å²) in [6.45, 7) is 5.12. The van der Waals surface area contributed by atoms with Crippen LogP contribution in [-0.4, -0.2) is 68.1 Å². The second kappa shape index (κ2) is 11.5. The summed E-state index contributed by atoms with van der Waals surface area (Å²) in [5.74, 6) is 1.12. The zero-order valence-electron chi connectivity index (χ0n) is 18.3. The molecule has 32 heavy (non-hydrogen) atoms. The maximum Gasteiger partial charge on any atom is 0.246 e. The van der Waals surface area contributed by atoms with Gasteiger partial charge in [0.15, 0.2) is 11.5 Å². The molecule has 0 saturated carbocycles. The van der Waals surface area contributed by atoms with Gasteiger partial charge in [-0.05, 0) is 42.8 Å². The molecule has 1 aliphatic rings. The van der Waals surface area contributed by atoms with Crippen molar-refractivity contribution in [2.24, 2.45) is 0 Å². The topological polar surface area (TPSA) is 71.1 Å². The van der Waals surface area contributed by atoms with Gasteiger partial charge in [0.25, 0.3) is 0 Å². The number of ether oxygens (including phenoxy) is 2. The van der Waals surface area contributed by atoms with Gasteiger partial charge < -0.3 is 19.7 Å². The Bertz CT molecular complexity index is 971. The summed E-state index contributed by atoms with van der Waals surface area (Å²) in [6, 6.07) is 12.7. The van der Waals surface area contributed by atoms with Crippen LogP contribution in [0, 0.1) is 0 Å². The minimum absolute atomic E-state index is 0.0574. The molecule has 0 atom stereocenters. The highest BCUT2D eigenvalue weighted by Crippen LogP contribution is 2.28. The predicted molar refractivity (Wildman–Crippen MR) is 126 cm³/mol. The SMILES string of the molecule is CCOc1ccc(/C=C/C(=O)N2CCN(CC(=O)Nc3ccccc3Cl)CC2)cc1OC. The molecule has 170 valence electrons. The maximum absolute atomic E-state index is 12.6. The van der Waals surface area contributed by atoms with Crippen LogP contribution in [0.25, 0.3) is 6.08 Å². The summed E-state index contributed by atoms with van der Waals surface area (Å²) in [4.78, 5) is 28.7. The fourth-order valence-corrected chi connectivity index (χ4v) is 3.60. The van der Waals surface area contributed by atoms with E-state index in [4.69, 9.17) is 21.1 Å². The molecule has 0 aromatic heterocycles. The van der Waals surface area contributed by atoms with E-state index in [-0.39, 0.29) is 18.4 Å². The highest BCUT2D eigenvalue weighted by atomic mass is 35.5. The Morgan fingerprint density at radius 3 is 2.53 bits per heavy atom. The van der Waals surface area contributed by atoms with Crippen molar-refractivity contribution in [3.63, 3.8) is 0 Å². The fraction of sp³-hybridized carbons (Fsp3) is 0.333. The van der Waals surface area contributed by atoms with Crippen LogP contribution in [0.2, 0.25) is 5.02 Å². The lowest BCUT2D eigenvalue weighted by atomic mass is 10.2. The molecule has 0 aliphatic carbocycles. The third-order valence-electron chi connectivity index (χ3n) is 5.11. The lowest BCUT2D eigenvalue weighted by Crippen LogP contribution is -2.50. The highest BCUT2D eigenvalue weighted by Gasteiger charge is 2.21. The van der Waals surface area contributed by atoms with Gasteiger partial charge in [-0.1, -0.05) is 29.8 Å². The molecular formula is C24H28ClN3O4. The Morgan fingerprint density at radius 1 is 1.09 bits per heavy atom. The van der Waals surface area contributed by atoms with Crippen molar-refractivity contribution in [1.29, 1.82) is 0 Å². The summed E-state index contributed by atoms with van der Waals surface area (Å²) < 4.78 is 10.9. The Kier molecular flexibility index (Phi) is 8.53. The standard InChI is InChI=1S/C24H28ClN3O4/c1-3-32-21-10-8-18(16-22(21)31-2)9-11-24(30)28-14-12-27(13-15-28)17-23(29)26-20-7-5-4-6-19(20)25/h4-11,16H,3,12-15,17H2,1-2H3,(H,26,29)/b11-9+. The normalized spacial score (nSPS) is 14.4. The molecule has 1 heterocycles. The molecule has 3 rings (SSSR count). The summed E-state index contributed by atoms with van der Waals surface area (Å²) in [7, 11) is 1.59. The van der Waals surface area contributed by atoms with E-state index in [1.807, 2.05) is 42.2 Å². The van der Waals surface area contributed by atoms with Gasteiger partial charge in [0, 0.05) is 32.3 Å². The number of anilines is 1. The van der Waals surface area contributed by atoms with Gasteiger partial charge in [0.1, 0.15) is 0 Å². The monoisotopic (exact) mass is 457 g/mol. The number of nitrogens with zero attached hydrogens (tertiary/aromatic N) is 2. The second-order valence-electron chi connectivity index (χ2n) is 7.31. The number of rotatable bonds is 8. The zero-order chi connectivity index (χ0) is 22.9. The molecule has 1 saturated heterocycles. The number of benzene rings is 2. The number of methoxy groups -OCH3 is 1. The van der Waals surface area contributed by atoms with E-state index in [1.165, 1.54) is 0 Å². The quantitative estimate of drug-likeness (QED) is 0.614. The van der Waals surface area contributed by atoms with E-state index in [0.29, 0.717) is 55.0 Å². The molecule has 0 radical (unpaired) electrons. The van der Waals surface area contributed by atoms with Crippen LogP contribution in [0.1, 0.15) is 12.5 Å². The van der Waals surface area contributed by atoms with Crippen molar-refractivity contribution < 1.29 is 19.1 Å². The van der Waals surface area contributed by atoms with E-state index < -0.39 is 0 Å². The van der Waals surface area contributed by atoms with Crippen molar-refractivity contribution >= 4 is 35.2 Å². The maximum atomic E-state index is 12.6. The molecule has 0 unspecified atom stereocenters. The van der Waals surface area contributed by atoms with Crippen LogP contribution in [0.15, 0.2) is 48.5 Å². The molecule has 8 heteroatoms. The molecule has 2 aromatic carbocycles. The second-order valence-corrected chi connectivity index (χ2v) is 7.71. The smallest absolute Gasteiger partial charge is 0.246 e. The lowest BCUT2D eigenvalue weighted by molar-refractivity contribution is -0.127. The summed E-state index contributed by atoms with van der Waals surface area (Å²) in [5, 5.41) is 3.34. The van der Waals surface area contributed by atoms with Crippen LogP contribution in [0.3, 0.4) is 0 Å². The molecule has 0 spiro atoms. The van der Waals surface area contributed by atoms with E-state index in [1.54, 1.807) is 36.3 Å². The highest BCUT2D eigenvalue weighted by molar-refractivity contribution is 6.33. The minimum atomic E-state index is -0.123. The Morgan fingerprint density at radius 2 is 1.84 bits per heavy atom. The lowest BCUT2D eigenvalue weighted by Gasteiger charge is -2.33. The largest absolute Gasteiger partial charge is 0.493 e. The average Bonchev–Trinajstić information content (AvgIpc) is 2.80. The van der Waals surface area contributed by atoms with E-state index in [9.17, 15) is 9.59 Å². The molecule has 2 amide bonds. The van der Waals surface area contributed by atoms with Gasteiger partial charge in [0.2, 0.25) is 11.8 Å².